The molecule has 5 nitrogen and oxygen atoms in total. The average molecular weight is 707 g/mol. The molecule has 0 amide bonds. The molecule has 5 heteroatoms. The quantitative estimate of drug-likeness (QED) is 0.0389. The third-order valence-corrected chi connectivity index (χ3v) is 10.1. The molecule has 0 aromatic rings. The molecule has 0 radical (unpaired) electrons. The molecular weight excluding hydrogens is 620 g/mol. The third-order valence-electron chi connectivity index (χ3n) is 10.1. The Hall–Kier alpha value is -1.36. The summed E-state index contributed by atoms with van der Waals surface area (Å²) < 4.78 is 10.6. The number of carbonyl (C=O) groups excluding carboxylic acids is 2. The predicted octanol–water partition coefficient (Wildman–Crippen LogP) is 14.1. The zero-order valence-electron chi connectivity index (χ0n) is 33.7. The Morgan fingerprint density at radius 1 is 0.440 bits per heavy atom. The lowest BCUT2D eigenvalue weighted by Gasteiger charge is -2.15. The van der Waals surface area contributed by atoms with E-state index in [0.29, 0.717) is 12.8 Å². The van der Waals surface area contributed by atoms with Gasteiger partial charge in [0.1, 0.15) is 6.61 Å². The van der Waals surface area contributed by atoms with E-state index < -0.39 is 6.10 Å². The smallest absolute Gasteiger partial charge is 0.306 e. The van der Waals surface area contributed by atoms with Crippen LogP contribution in [0.15, 0.2) is 12.2 Å². The molecule has 0 aliphatic carbocycles. The van der Waals surface area contributed by atoms with Crippen molar-refractivity contribution in [2.75, 3.05) is 13.2 Å². The number of carbonyl (C=O) groups is 2. The monoisotopic (exact) mass is 707 g/mol. The minimum atomic E-state index is -0.768. The first-order valence-corrected chi connectivity index (χ1v) is 22.2. The fraction of sp³-hybridized carbons (Fsp3) is 0.911. The fourth-order valence-electron chi connectivity index (χ4n) is 6.67. The van der Waals surface area contributed by atoms with Gasteiger partial charge in [-0.2, -0.15) is 0 Å². The van der Waals surface area contributed by atoms with Gasteiger partial charge in [0.05, 0.1) is 6.61 Å². The maximum Gasteiger partial charge on any atom is 0.306 e. The molecule has 1 N–H and O–H groups in total. The standard InChI is InChI=1S/C45H86O5/c1-3-5-7-9-11-13-15-17-19-20-21-22-23-24-26-28-30-32-34-36-38-40-45(48)50-43(41-46)42-49-44(47)39-37-35-33-31-29-27-25-18-16-14-12-10-8-6-4-2/h18,25,43,46H,3-17,19-24,26-42H2,1-2H3. The van der Waals surface area contributed by atoms with Crippen molar-refractivity contribution in [1.29, 1.82) is 0 Å². The van der Waals surface area contributed by atoms with E-state index in [1.54, 1.807) is 0 Å². The van der Waals surface area contributed by atoms with Crippen molar-refractivity contribution in [3.8, 4) is 0 Å². The Bertz CT molecular complexity index is 720. The molecule has 296 valence electrons. The second-order valence-electron chi connectivity index (χ2n) is 15.1. The molecule has 0 spiro atoms. The number of aliphatic hydroxyl groups excluding tert-OH is 1. The van der Waals surface area contributed by atoms with E-state index in [1.165, 1.54) is 173 Å². The average Bonchev–Trinajstić information content (AvgIpc) is 3.12. The third kappa shape index (κ3) is 39.4. The summed E-state index contributed by atoms with van der Waals surface area (Å²) in [5.74, 6) is -0.586. The second kappa shape index (κ2) is 42.1. The van der Waals surface area contributed by atoms with Gasteiger partial charge in [-0.05, 0) is 38.5 Å². The van der Waals surface area contributed by atoms with Gasteiger partial charge in [-0.1, -0.05) is 206 Å². The van der Waals surface area contributed by atoms with Gasteiger partial charge in [0, 0.05) is 12.8 Å². The molecule has 0 heterocycles. The Morgan fingerprint density at radius 3 is 1.08 bits per heavy atom. The van der Waals surface area contributed by atoms with Crippen LogP contribution >= 0.6 is 0 Å². The molecule has 0 rings (SSSR count). The fourth-order valence-corrected chi connectivity index (χ4v) is 6.67. The van der Waals surface area contributed by atoms with Gasteiger partial charge >= 0.3 is 11.9 Å². The van der Waals surface area contributed by atoms with Crippen LogP contribution in [0.4, 0.5) is 0 Å². The zero-order valence-corrected chi connectivity index (χ0v) is 33.7. The molecule has 0 fully saturated rings. The van der Waals surface area contributed by atoms with Crippen LogP contribution in [0.25, 0.3) is 0 Å². The second-order valence-corrected chi connectivity index (χ2v) is 15.1. The minimum Gasteiger partial charge on any atom is -0.462 e. The number of esters is 2. The number of hydrogen-bond donors (Lipinski definition) is 1. The number of rotatable bonds is 41. The van der Waals surface area contributed by atoms with Crippen LogP contribution in [0.2, 0.25) is 0 Å². The molecule has 0 aliphatic rings. The summed E-state index contributed by atoms with van der Waals surface area (Å²) in [5.41, 5.74) is 0. The lowest BCUT2D eigenvalue weighted by molar-refractivity contribution is -0.161. The highest BCUT2D eigenvalue weighted by molar-refractivity contribution is 5.70. The van der Waals surface area contributed by atoms with Crippen LogP contribution in [0.5, 0.6) is 0 Å². The molecule has 50 heavy (non-hydrogen) atoms. The van der Waals surface area contributed by atoms with Crippen LogP contribution in [-0.4, -0.2) is 36.4 Å². The highest BCUT2D eigenvalue weighted by Gasteiger charge is 2.16. The van der Waals surface area contributed by atoms with E-state index in [0.717, 1.165) is 44.9 Å². The van der Waals surface area contributed by atoms with Crippen molar-refractivity contribution in [2.45, 2.75) is 251 Å². The highest BCUT2D eigenvalue weighted by atomic mass is 16.6. The number of unbranched alkanes of at least 4 members (excludes halogenated alkanes) is 31. The number of aliphatic hydroxyl groups is 1. The Kier molecular flexibility index (Phi) is 40.9. The van der Waals surface area contributed by atoms with Crippen LogP contribution in [0, 0.1) is 0 Å². The van der Waals surface area contributed by atoms with Crippen LogP contribution in [0.1, 0.15) is 245 Å². The SMILES string of the molecule is CCCCCCCCC=CCCCCCCCC(=O)OCC(CO)OC(=O)CCCCCCCCCCCCCCCCCCCCCCC. The maximum absolute atomic E-state index is 12.2. The molecule has 0 aromatic carbocycles. The van der Waals surface area contributed by atoms with E-state index in [2.05, 4.69) is 26.0 Å². The Morgan fingerprint density at radius 2 is 0.740 bits per heavy atom. The molecule has 0 saturated heterocycles. The molecular formula is C45H86O5. The summed E-state index contributed by atoms with van der Waals surface area (Å²) in [4.78, 5) is 24.3. The van der Waals surface area contributed by atoms with E-state index in [9.17, 15) is 14.7 Å². The van der Waals surface area contributed by atoms with Gasteiger partial charge < -0.3 is 14.6 Å². The van der Waals surface area contributed by atoms with Gasteiger partial charge in [-0.25, -0.2) is 0 Å². The van der Waals surface area contributed by atoms with Crippen molar-refractivity contribution in [1.82, 2.24) is 0 Å². The molecule has 0 saturated carbocycles. The van der Waals surface area contributed by atoms with E-state index in [4.69, 9.17) is 9.47 Å². The molecule has 1 unspecified atom stereocenters. The number of allylic oxidation sites excluding steroid dienone is 2. The summed E-state index contributed by atoms with van der Waals surface area (Å²) in [6.45, 7) is 4.16. The van der Waals surface area contributed by atoms with E-state index >= 15 is 0 Å². The zero-order chi connectivity index (χ0) is 36.4. The lowest BCUT2D eigenvalue weighted by Crippen LogP contribution is -2.28. The van der Waals surface area contributed by atoms with Crippen LogP contribution < -0.4 is 0 Å². The molecule has 0 aliphatic heterocycles. The van der Waals surface area contributed by atoms with Gasteiger partial charge in [-0.15, -0.1) is 0 Å². The first-order chi connectivity index (χ1) is 24.6. The Labute approximate surface area is 311 Å². The topological polar surface area (TPSA) is 72.8 Å². The van der Waals surface area contributed by atoms with Gasteiger partial charge in [0.15, 0.2) is 6.10 Å². The van der Waals surface area contributed by atoms with Crippen molar-refractivity contribution in [2.24, 2.45) is 0 Å². The first kappa shape index (κ1) is 48.6. The summed E-state index contributed by atoms with van der Waals surface area (Å²) in [5, 5.41) is 9.58. The van der Waals surface area contributed by atoms with Crippen molar-refractivity contribution >= 4 is 11.9 Å². The van der Waals surface area contributed by atoms with Gasteiger partial charge in [0.25, 0.3) is 0 Å². The van der Waals surface area contributed by atoms with E-state index in [-0.39, 0.29) is 25.2 Å². The Balaban J connectivity index is 3.48. The number of hydrogen-bond acceptors (Lipinski definition) is 5. The number of ether oxygens (including phenoxy) is 2. The van der Waals surface area contributed by atoms with Crippen LogP contribution in [0.3, 0.4) is 0 Å². The maximum atomic E-state index is 12.2. The van der Waals surface area contributed by atoms with Crippen molar-refractivity contribution in [3.05, 3.63) is 12.2 Å². The highest BCUT2D eigenvalue weighted by Crippen LogP contribution is 2.16. The van der Waals surface area contributed by atoms with E-state index in [1.807, 2.05) is 0 Å². The molecule has 0 aromatic heterocycles. The molecule has 1 atom stereocenters. The summed E-state index contributed by atoms with van der Waals surface area (Å²) >= 11 is 0. The molecule has 0 bridgehead atoms. The summed E-state index contributed by atoms with van der Waals surface area (Å²) in [6.07, 6.45) is 48.6. The predicted molar refractivity (Wildman–Crippen MR) is 215 cm³/mol. The largest absolute Gasteiger partial charge is 0.462 e. The lowest BCUT2D eigenvalue weighted by atomic mass is 10.0. The summed E-state index contributed by atoms with van der Waals surface area (Å²) in [6, 6.07) is 0. The normalized spacial score (nSPS) is 12.1. The summed E-state index contributed by atoms with van der Waals surface area (Å²) in [7, 11) is 0. The van der Waals surface area contributed by atoms with Gasteiger partial charge in [0.2, 0.25) is 0 Å². The van der Waals surface area contributed by atoms with Gasteiger partial charge in [-0.3, -0.25) is 9.59 Å². The first-order valence-electron chi connectivity index (χ1n) is 22.2. The van der Waals surface area contributed by atoms with Crippen LogP contribution in [-0.2, 0) is 19.1 Å². The van der Waals surface area contributed by atoms with Crippen molar-refractivity contribution < 1.29 is 24.2 Å². The van der Waals surface area contributed by atoms with Crippen molar-refractivity contribution in [3.63, 3.8) is 0 Å². The minimum absolute atomic E-state index is 0.0640.